The zero-order chi connectivity index (χ0) is 21.0. The molecule has 11 heteroatoms. The minimum absolute atomic E-state index is 0.472. The van der Waals surface area contributed by atoms with E-state index in [2.05, 4.69) is 9.78 Å². The lowest BCUT2D eigenvalue weighted by Gasteiger charge is -2.22. The number of rotatable bonds is 13. The number of carboxylic acid groups (broad SMARTS) is 2. The highest BCUT2D eigenvalue weighted by Gasteiger charge is 2.29. The van der Waals surface area contributed by atoms with E-state index in [1.165, 1.54) is 0 Å². The molecule has 1 atom stereocenters. The Balaban J connectivity index is 4.71. The number of carbonyl (C=O) groups is 5. The molecule has 0 bridgehead atoms. The Hall–Kier alpha value is -2.69. The van der Waals surface area contributed by atoms with Crippen LogP contribution in [0.2, 0.25) is 0 Å². The van der Waals surface area contributed by atoms with Gasteiger partial charge in [-0.1, -0.05) is 6.92 Å². The third-order valence-electron chi connectivity index (χ3n) is 3.38. The van der Waals surface area contributed by atoms with E-state index in [-0.39, 0.29) is 0 Å². The minimum atomic E-state index is -1.63. The molecular formula is C16H24O11. The van der Waals surface area contributed by atoms with E-state index in [0.29, 0.717) is 6.42 Å². The first-order valence-electron chi connectivity index (χ1n) is 8.14. The van der Waals surface area contributed by atoms with Crippen LogP contribution in [0.25, 0.3) is 0 Å². The van der Waals surface area contributed by atoms with Crippen molar-refractivity contribution < 1.29 is 53.4 Å². The highest BCUT2D eigenvalue weighted by Crippen LogP contribution is 2.21. The molecule has 0 heterocycles. The summed E-state index contributed by atoms with van der Waals surface area (Å²) in [7, 11) is 0. The SMILES string of the molecule is CCC(C)(C)C(=O)OCC(OOC(=O)CCC(=O)O)OC(=O)CCC(=O)O. The molecule has 1 unspecified atom stereocenters. The maximum atomic E-state index is 11.9. The van der Waals surface area contributed by atoms with Crippen LogP contribution in [0.1, 0.15) is 52.9 Å². The van der Waals surface area contributed by atoms with Crippen molar-refractivity contribution in [3.05, 3.63) is 0 Å². The molecule has 0 aliphatic heterocycles. The molecule has 11 nitrogen and oxygen atoms in total. The molecular weight excluding hydrogens is 368 g/mol. The van der Waals surface area contributed by atoms with Crippen molar-refractivity contribution in [3.63, 3.8) is 0 Å². The molecule has 0 rings (SSSR count). The van der Waals surface area contributed by atoms with Gasteiger partial charge in [0.2, 0.25) is 0 Å². The lowest BCUT2D eigenvalue weighted by molar-refractivity contribution is -0.350. The Morgan fingerprint density at radius 3 is 1.89 bits per heavy atom. The van der Waals surface area contributed by atoms with E-state index in [1.54, 1.807) is 20.8 Å². The smallest absolute Gasteiger partial charge is 0.343 e. The predicted octanol–water partition coefficient (Wildman–Crippen LogP) is 1.04. The number of hydrogen-bond acceptors (Lipinski definition) is 9. The summed E-state index contributed by atoms with van der Waals surface area (Å²) < 4.78 is 9.75. The van der Waals surface area contributed by atoms with Gasteiger partial charge in [-0.3, -0.25) is 24.1 Å². The molecule has 0 radical (unpaired) electrons. The molecule has 0 spiro atoms. The maximum absolute atomic E-state index is 11.9. The van der Waals surface area contributed by atoms with E-state index in [4.69, 9.17) is 19.7 Å². The molecule has 0 fully saturated rings. The molecule has 0 aromatic rings. The molecule has 0 saturated heterocycles. The summed E-state index contributed by atoms with van der Waals surface area (Å²) >= 11 is 0. The first-order chi connectivity index (χ1) is 12.5. The predicted molar refractivity (Wildman–Crippen MR) is 85.8 cm³/mol. The average Bonchev–Trinajstić information content (AvgIpc) is 2.59. The van der Waals surface area contributed by atoms with E-state index in [1.807, 2.05) is 0 Å². The summed E-state index contributed by atoms with van der Waals surface area (Å²) in [6.45, 7) is 4.44. The van der Waals surface area contributed by atoms with Crippen molar-refractivity contribution in [2.24, 2.45) is 5.41 Å². The molecule has 0 aliphatic carbocycles. The van der Waals surface area contributed by atoms with Crippen LogP contribution in [-0.4, -0.2) is 53.0 Å². The lowest BCUT2D eigenvalue weighted by atomic mass is 9.91. The molecule has 2 N–H and O–H groups in total. The third kappa shape index (κ3) is 11.5. The van der Waals surface area contributed by atoms with Crippen molar-refractivity contribution in [3.8, 4) is 0 Å². The van der Waals surface area contributed by atoms with Crippen molar-refractivity contribution in [2.45, 2.75) is 59.2 Å². The zero-order valence-electron chi connectivity index (χ0n) is 15.4. The number of carboxylic acids is 2. The molecule has 27 heavy (non-hydrogen) atoms. The van der Waals surface area contributed by atoms with Gasteiger partial charge >= 0.3 is 29.8 Å². The monoisotopic (exact) mass is 392 g/mol. The van der Waals surface area contributed by atoms with Gasteiger partial charge < -0.3 is 19.7 Å². The van der Waals surface area contributed by atoms with Gasteiger partial charge in [-0.05, 0) is 20.3 Å². The third-order valence-corrected chi connectivity index (χ3v) is 3.38. The van der Waals surface area contributed by atoms with Crippen LogP contribution in [0.15, 0.2) is 0 Å². The second kappa shape index (κ2) is 11.8. The van der Waals surface area contributed by atoms with Crippen molar-refractivity contribution in [1.29, 1.82) is 0 Å². The van der Waals surface area contributed by atoms with Crippen LogP contribution in [0, 0.1) is 5.41 Å². The fourth-order valence-corrected chi connectivity index (χ4v) is 1.34. The van der Waals surface area contributed by atoms with Gasteiger partial charge in [0.25, 0.3) is 6.29 Å². The summed E-state index contributed by atoms with van der Waals surface area (Å²) in [6.07, 6.45) is -3.11. The average molecular weight is 392 g/mol. The van der Waals surface area contributed by atoms with Crippen molar-refractivity contribution in [1.82, 2.24) is 0 Å². The lowest BCUT2D eigenvalue weighted by Crippen LogP contribution is -2.33. The zero-order valence-corrected chi connectivity index (χ0v) is 15.4. The maximum Gasteiger partial charge on any atom is 0.343 e. The molecule has 0 amide bonds. The first kappa shape index (κ1) is 24.3. The topological polar surface area (TPSA) is 163 Å². The molecule has 0 aliphatic rings. The summed E-state index contributed by atoms with van der Waals surface area (Å²) in [4.78, 5) is 64.7. The van der Waals surface area contributed by atoms with E-state index in [9.17, 15) is 24.0 Å². The van der Waals surface area contributed by atoms with Crippen LogP contribution in [-0.2, 0) is 43.2 Å². The van der Waals surface area contributed by atoms with Gasteiger partial charge in [-0.15, -0.1) is 4.89 Å². The molecule has 0 saturated carbocycles. The summed E-state index contributed by atoms with van der Waals surface area (Å²) in [6, 6.07) is 0. The number of ether oxygens (including phenoxy) is 2. The second-order valence-corrected chi connectivity index (χ2v) is 6.09. The molecule has 0 aromatic heterocycles. The Bertz CT molecular complexity index is 553. The number of aliphatic carboxylic acids is 2. The number of esters is 2. The van der Waals surface area contributed by atoms with Crippen molar-refractivity contribution in [2.75, 3.05) is 6.61 Å². The summed E-state index contributed by atoms with van der Waals surface area (Å²) in [5.41, 5.74) is -0.809. The first-order valence-corrected chi connectivity index (χ1v) is 8.14. The van der Waals surface area contributed by atoms with Gasteiger partial charge in [0.05, 0.1) is 31.1 Å². The van der Waals surface area contributed by atoms with Gasteiger partial charge in [0.1, 0.15) is 0 Å². The Morgan fingerprint density at radius 2 is 1.41 bits per heavy atom. The summed E-state index contributed by atoms with van der Waals surface area (Å²) in [5, 5.41) is 17.0. The van der Waals surface area contributed by atoms with E-state index in [0.717, 1.165) is 0 Å². The van der Waals surface area contributed by atoms with Crippen LogP contribution in [0.5, 0.6) is 0 Å². The van der Waals surface area contributed by atoms with Gasteiger partial charge in [-0.2, -0.15) is 0 Å². The highest BCUT2D eigenvalue weighted by atomic mass is 17.2. The fraction of sp³-hybridized carbons (Fsp3) is 0.688. The van der Waals surface area contributed by atoms with Crippen LogP contribution >= 0.6 is 0 Å². The van der Waals surface area contributed by atoms with Crippen molar-refractivity contribution >= 4 is 29.8 Å². The van der Waals surface area contributed by atoms with Crippen LogP contribution in [0.3, 0.4) is 0 Å². The number of carbonyl (C=O) groups excluding carboxylic acids is 3. The fourth-order valence-electron chi connectivity index (χ4n) is 1.34. The Morgan fingerprint density at radius 1 is 0.889 bits per heavy atom. The Kier molecular flexibility index (Phi) is 10.7. The van der Waals surface area contributed by atoms with Crippen LogP contribution in [0.4, 0.5) is 0 Å². The van der Waals surface area contributed by atoms with Gasteiger partial charge in [0, 0.05) is 0 Å². The minimum Gasteiger partial charge on any atom is -0.481 e. The molecule has 0 aromatic carbocycles. The number of hydrogen-bond donors (Lipinski definition) is 2. The largest absolute Gasteiger partial charge is 0.481 e. The quantitative estimate of drug-likeness (QED) is 0.199. The van der Waals surface area contributed by atoms with Gasteiger partial charge in [0.15, 0.2) is 6.61 Å². The van der Waals surface area contributed by atoms with E-state index < -0.39 is 73.8 Å². The normalized spacial score (nSPS) is 12.0. The van der Waals surface area contributed by atoms with Crippen LogP contribution < -0.4 is 0 Å². The highest BCUT2D eigenvalue weighted by molar-refractivity contribution is 5.77. The Labute approximate surface area is 155 Å². The molecule has 154 valence electrons. The van der Waals surface area contributed by atoms with E-state index >= 15 is 0 Å². The summed E-state index contributed by atoms with van der Waals surface area (Å²) in [5.74, 6) is -5.07. The van der Waals surface area contributed by atoms with Gasteiger partial charge in [-0.25, -0.2) is 4.79 Å². The second-order valence-electron chi connectivity index (χ2n) is 6.09. The standard InChI is InChI=1S/C16H24O11/c1-4-16(2,3)15(23)24-9-14(25-12(21)7-5-10(17)18)27-26-13(22)8-6-11(19)20/h14H,4-9H2,1-3H3,(H,17,18)(H,19,20).